The van der Waals surface area contributed by atoms with Crippen LogP contribution in [-0.4, -0.2) is 57.6 Å². The highest BCUT2D eigenvalue weighted by Gasteiger charge is 2.22. The molecule has 2 N–H and O–H groups in total. The molecule has 3 aromatic rings. The van der Waals surface area contributed by atoms with E-state index >= 15 is 0 Å². The van der Waals surface area contributed by atoms with Crippen LogP contribution in [0, 0.1) is 20.2 Å². The number of carbonyl (C=O) groups excluding carboxylic acids is 5. The Labute approximate surface area is 276 Å². The van der Waals surface area contributed by atoms with Gasteiger partial charge in [0.05, 0.1) is 23.2 Å². The molecule has 4 rings (SSSR count). The number of nitro groups is 2. The highest BCUT2D eigenvalue weighted by Crippen LogP contribution is 2.28. The summed E-state index contributed by atoms with van der Waals surface area (Å²) in [4.78, 5) is 81.9. The van der Waals surface area contributed by atoms with Gasteiger partial charge in [0.1, 0.15) is 35.4 Å². The van der Waals surface area contributed by atoms with Crippen molar-refractivity contribution in [1.82, 2.24) is 10.2 Å². The average molecular weight is 680 g/mol. The van der Waals surface area contributed by atoms with E-state index in [1.165, 1.54) is 48.6 Å². The van der Waals surface area contributed by atoms with Gasteiger partial charge in [0.2, 0.25) is 11.8 Å². The van der Waals surface area contributed by atoms with E-state index in [1.54, 1.807) is 0 Å². The molecule has 0 radical (unpaired) electrons. The summed E-state index contributed by atoms with van der Waals surface area (Å²) in [5.74, 6) is -1.96. The van der Waals surface area contributed by atoms with E-state index in [4.69, 9.17) is 18.6 Å². The Bertz CT molecular complexity index is 1750. The number of furan rings is 1. The van der Waals surface area contributed by atoms with Crippen molar-refractivity contribution in [2.45, 2.75) is 38.9 Å². The molecule has 0 unspecified atom stereocenters. The molecule has 18 nitrogen and oxygen atoms in total. The number of ether oxygens (including phenoxy) is 3. The molecule has 2 aromatic carbocycles. The van der Waals surface area contributed by atoms with Crippen molar-refractivity contribution in [1.29, 1.82) is 0 Å². The number of rotatable bonds is 17. The van der Waals surface area contributed by atoms with Gasteiger partial charge in [-0.15, -0.1) is 0 Å². The van der Waals surface area contributed by atoms with Gasteiger partial charge in [-0.1, -0.05) is 12.5 Å². The fraction of sp³-hybridized carbons (Fsp3) is 0.258. The lowest BCUT2D eigenvalue weighted by Gasteiger charge is -2.14. The van der Waals surface area contributed by atoms with E-state index in [0.717, 1.165) is 23.1 Å². The van der Waals surface area contributed by atoms with Gasteiger partial charge >= 0.3 is 12.0 Å². The molecule has 0 aliphatic carbocycles. The van der Waals surface area contributed by atoms with E-state index in [9.17, 15) is 44.2 Å². The molecule has 1 aliphatic rings. The molecule has 2 heterocycles. The maximum absolute atomic E-state index is 12.8. The van der Waals surface area contributed by atoms with Crippen LogP contribution in [0.4, 0.5) is 22.1 Å². The lowest BCUT2D eigenvalue weighted by molar-refractivity contribution is -0.402. The molecule has 256 valence electrons. The van der Waals surface area contributed by atoms with Crippen molar-refractivity contribution in [3.05, 3.63) is 98.3 Å². The molecule has 0 spiro atoms. The second-order valence-corrected chi connectivity index (χ2v) is 10.3. The second-order valence-electron chi connectivity index (χ2n) is 10.3. The summed E-state index contributed by atoms with van der Waals surface area (Å²) in [6.45, 7) is -0.692. The number of benzene rings is 2. The number of hydrogen-bond acceptors (Lipinski definition) is 13. The monoisotopic (exact) mass is 679 g/mol. The highest BCUT2D eigenvalue weighted by atomic mass is 16.7. The lowest BCUT2D eigenvalue weighted by atomic mass is 10.2. The van der Waals surface area contributed by atoms with Gasteiger partial charge < -0.3 is 29.3 Å². The Kier molecular flexibility index (Phi) is 12.1. The van der Waals surface area contributed by atoms with Crippen LogP contribution in [0.15, 0.2) is 71.2 Å². The third-order valence-electron chi connectivity index (χ3n) is 6.75. The van der Waals surface area contributed by atoms with Gasteiger partial charge in [0.25, 0.3) is 17.5 Å². The smallest absolute Gasteiger partial charge is 0.483 e. The SMILES string of the molecule is O=C(CCCCCN1C(=O)C=CC1=O)NCC(=O)Nc1cc(COC(=O)Oc2ccc([N+](=O)[O-])cc2)ccc1OCc1ccc([N+](=O)[O-])o1. The van der Waals surface area contributed by atoms with E-state index in [1.807, 2.05) is 0 Å². The van der Waals surface area contributed by atoms with Gasteiger partial charge in [-0.2, -0.15) is 0 Å². The summed E-state index contributed by atoms with van der Waals surface area (Å²) < 4.78 is 20.9. The van der Waals surface area contributed by atoms with Gasteiger partial charge in [-0.05, 0) is 48.7 Å². The van der Waals surface area contributed by atoms with Crippen LogP contribution in [-0.2, 0) is 37.1 Å². The van der Waals surface area contributed by atoms with E-state index in [0.29, 0.717) is 24.8 Å². The van der Waals surface area contributed by atoms with Crippen molar-refractivity contribution in [2.75, 3.05) is 18.4 Å². The van der Waals surface area contributed by atoms with Gasteiger partial charge in [0, 0.05) is 37.3 Å². The summed E-state index contributed by atoms with van der Waals surface area (Å²) in [6.07, 6.45) is 2.99. The largest absolute Gasteiger partial charge is 0.514 e. The number of unbranched alkanes of at least 4 members (excludes halogenated alkanes) is 2. The zero-order valence-corrected chi connectivity index (χ0v) is 25.7. The molecular formula is C31H29N5O13. The first-order chi connectivity index (χ1) is 23.5. The Balaban J connectivity index is 1.30. The van der Waals surface area contributed by atoms with E-state index < -0.39 is 40.2 Å². The molecule has 4 amide bonds. The second kappa shape index (κ2) is 16.8. The van der Waals surface area contributed by atoms with Crippen molar-refractivity contribution in [2.24, 2.45) is 0 Å². The number of carbonyl (C=O) groups is 5. The number of nitro benzene ring substituents is 1. The summed E-state index contributed by atoms with van der Waals surface area (Å²) >= 11 is 0. The molecule has 1 aliphatic heterocycles. The maximum atomic E-state index is 12.8. The first-order valence-electron chi connectivity index (χ1n) is 14.7. The van der Waals surface area contributed by atoms with Gasteiger partial charge in [0.15, 0.2) is 0 Å². The third kappa shape index (κ3) is 10.7. The average Bonchev–Trinajstić information content (AvgIpc) is 3.68. The fourth-order valence-corrected chi connectivity index (χ4v) is 4.33. The lowest BCUT2D eigenvalue weighted by Crippen LogP contribution is -2.33. The number of anilines is 1. The van der Waals surface area contributed by atoms with Crippen LogP contribution in [0.1, 0.15) is 37.0 Å². The van der Waals surface area contributed by atoms with Gasteiger partial charge in [-0.3, -0.25) is 44.3 Å². The van der Waals surface area contributed by atoms with Crippen molar-refractivity contribution in [3.63, 3.8) is 0 Å². The predicted molar refractivity (Wildman–Crippen MR) is 166 cm³/mol. The maximum Gasteiger partial charge on any atom is 0.514 e. The first kappa shape index (κ1) is 35.3. The van der Waals surface area contributed by atoms with Crippen LogP contribution < -0.4 is 20.1 Å². The minimum atomic E-state index is -1.10. The molecule has 1 aromatic heterocycles. The number of imide groups is 1. The highest BCUT2D eigenvalue weighted by molar-refractivity contribution is 6.12. The van der Waals surface area contributed by atoms with Crippen LogP contribution in [0.5, 0.6) is 11.5 Å². The molecule has 0 saturated carbocycles. The Morgan fingerprint density at radius 2 is 1.57 bits per heavy atom. The quantitative estimate of drug-likeness (QED) is 0.0514. The number of hydrogen-bond donors (Lipinski definition) is 2. The van der Waals surface area contributed by atoms with E-state index in [2.05, 4.69) is 10.6 Å². The third-order valence-corrected chi connectivity index (χ3v) is 6.75. The summed E-state index contributed by atoms with van der Waals surface area (Å²) in [7, 11) is 0. The summed E-state index contributed by atoms with van der Waals surface area (Å²) in [5, 5.41) is 26.8. The molecule has 0 bridgehead atoms. The topological polar surface area (TPSA) is 240 Å². The zero-order chi connectivity index (χ0) is 35.3. The van der Waals surface area contributed by atoms with Crippen LogP contribution >= 0.6 is 0 Å². The minimum absolute atomic E-state index is 0.0140. The molecular weight excluding hydrogens is 650 g/mol. The zero-order valence-electron chi connectivity index (χ0n) is 25.7. The normalized spacial score (nSPS) is 12.0. The fourth-order valence-electron chi connectivity index (χ4n) is 4.33. The van der Waals surface area contributed by atoms with Crippen LogP contribution in [0.3, 0.4) is 0 Å². The minimum Gasteiger partial charge on any atom is -0.483 e. The first-order valence-corrected chi connectivity index (χ1v) is 14.7. The number of nitrogens with one attached hydrogen (secondary N) is 2. The van der Waals surface area contributed by atoms with Crippen molar-refractivity contribution in [3.8, 4) is 11.5 Å². The Morgan fingerprint density at radius 1 is 0.837 bits per heavy atom. The summed E-state index contributed by atoms with van der Waals surface area (Å²) in [5.41, 5.74) is 0.308. The van der Waals surface area contributed by atoms with E-state index in [-0.39, 0.29) is 66.6 Å². The molecule has 0 saturated heterocycles. The van der Waals surface area contributed by atoms with Gasteiger partial charge in [-0.25, -0.2) is 4.79 Å². The van der Waals surface area contributed by atoms with Crippen molar-refractivity contribution < 1.29 is 52.4 Å². The molecule has 0 atom stereocenters. The predicted octanol–water partition coefficient (Wildman–Crippen LogP) is 3.93. The Morgan fingerprint density at radius 3 is 2.24 bits per heavy atom. The van der Waals surface area contributed by atoms with Crippen LogP contribution in [0.25, 0.3) is 0 Å². The molecule has 49 heavy (non-hydrogen) atoms. The number of nitrogens with zero attached hydrogens (tertiary/aromatic N) is 3. The summed E-state index contributed by atoms with van der Waals surface area (Å²) in [6, 6.07) is 11.7. The number of non-ortho nitro benzene ring substituents is 1. The number of amides is 4. The van der Waals surface area contributed by atoms with Crippen LogP contribution in [0.2, 0.25) is 0 Å². The van der Waals surface area contributed by atoms with Crippen molar-refractivity contribution >= 4 is 47.0 Å². The molecule has 0 fully saturated rings. The molecule has 18 heteroatoms. The Hall–Kier alpha value is -6.59. The standard InChI is InChI=1S/C31H29N5O13/c37-26(4-2-1-3-15-34-28(39)12-13-29(34)40)32-17-27(38)33-24-16-20(5-11-25(24)46-19-23-10-14-30(48-23)36(44)45)18-47-31(41)49-22-8-6-21(7-9-22)35(42)43/h5-14,16H,1-4,15,17-19H2,(H,32,37)(H,33,38).